The Hall–Kier alpha value is -1.57. The smallest absolute Gasteiger partial charge is 0.183 e. The zero-order chi connectivity index (χ0) is 8.97. The monoisotopic (exact) mass is 161 g/mol. The summed E-state index contributed by atoms with van der Waals surface area (Å²) in [6.07, 6.45) is 6.77. The maximum absolute atomic E-state index is 11.2. The molecule has 1 N–H and O–H groups in total. The summed E-state index contributed by atoms with van der Waals surface area (Å²) in [5.74, 6) is 0.100. The number of hydrogen-bond acceptors (Lipinski definition) is 2. The highest BCUT2D eigenvalue weighted by molar-refractivity contribution is 6.03. The molecule has 0 radical (unpaired) electrons. The lowest BCUT2D eigenvalue weighted by atomic mass is 10.1. The van der Waals surface area contributed by atoms with Crippen LogP contribution in [0.1, 0.15) is 0 Å². The van der Waals surface area contributed by atoms with Crippen molar-refractivity contribution in [3.05, 3.63) is 48.7 Å². The third-order valence-electron chi connectivity index (χ3n) is 1.63. The fourth-order valence-corrected chi connectivity index (χ4v) is 1.05. The molecule has 62 valence electrons. The Morgan fingerprint density at radius 3 is 2.75 bits per heavy atom. The van der Waals surface area contributed by atoms with Gasteiger partial charge in [0.25, 0.3) is 0 Å². The van der Waals surface area contributed by atoms with Gasteiger partial charge in [-0.25, -0.2) is 0 Å². The molecule has 0 aromatic heterocycles. The lowest BCUT2D eigenvalue weighted by molar-refractivity contribution is -0.113. The number of hydrogen-bond donors (Lipinski definition) is 1. The normalized spacial score (nSPS) is 16.8. The molecule has 1 rings (SSSR count). The number of carbonyl (C=O) groups excluding carboxylic acids is 1. The van der Waals surface area contributed by atoms with Crippen molar-refractivity contribution in [3.8, 4) is 0 Å². The minimum absolute atomic E-state index is 0.100. The zero-order valence-corrected chi connectivity index (χ0v) is 6.84. The number of carbonyl (C=O) groups is 1. The summed E-state index contributed by atoms with van der Waals surface area (Å²) in [6.45, 7) is 7.51. The molecule has 1 aliphatic heterocycles. The lowest BCUT2D eigenvalue weighted by Crippen LogP contribution is -2.10. The summed E-state index contributed by atoms with van der Waals surface area (Å²) in [4.78, 5) is 11.2. The first-order chi connectivity index (χ1) is 5.79. The predicted octanol–water partition coefficient (Wildman–Crippen LogP) is 1.34. The van der Waals surface area contributed by atoms with Crippen LogP contribution in [0.2, 0.25) is 0 Å². The van der Waals surface area contributed by atoms with Crippen molar-refractivity contribution >= 4 is 5.78 Å². The van der Waals surface area contributed by atoms with Gasteiger partial charge in [0, 0.05) is 11.3 Å². The molecule has 0 spiro atoms. The summed E-state index contributed by atoms with van der Waals surface area (Å²) < 4.78 is 0. The van der Waals surface area contributed by atoms with E-state index in [1.807, 2.05) is 0 Å². The Labute approximate surface area is 72.0 Å². The van der Waals surface area contributed by atoms with Crippen LogP contribution in [0.5, 0.6) is 0 Å². The van der Waals surface area contributed by atoms with Crippen LogP contribution in [0, 0.1) is 0 Å². The van der Waals surface area contributed by atoms with Gasteiger partial charge in [-0.05, 0) is 12.2 Å². The number of Topliss-reactive ketones (excluding diaryl/α,β-unsaturated/α-hetero) is 1. The third kappa shape index (κ3) is 1.53. The van der Waals surface area contributed by atoms with Crippen molar-refractivity contribution in [2.45, 2.75) is 0 Å². The topological polar surface area (TPSA) is 29.1 Å². The largest absolute Gasteiger partial charge is 0.377 e. The van der Waals surface area contributed by atoms with E-state index in [2.05, 4.69) is 18.5 Å². The van der Waals surface area contributed by atoms with E-state index in [0.717, 1.165) is 5.70 Å². The lowest BCUT2D eigenvalue weighted by Gasteiger charge is -1.93. The minimum atomic E-state index is 0.100. The van der Waals surface area contributed by atoms with Crippen LogP contribution in [-0.2, 0) is 4.79 Å². The van der Waals surface area contributed by atoms with E-state index in [1.165, 1.54) is 0 Å². The van der Waals surface area contributed by atoms with Crippen LogP contribution in [0.25, 0.3) is 0 Å². The van der Waals surface area contributed by atoms with Gasteiger partial charge in [-0.15, -0.1) is 0 Å². The van der Waals surface area contributed by atoms with Gasteiger partial charge in [0.1, 0.15) is 0 Å². The van der Waals surface area contributed by atoms with Crippen LogP contribution < -0.4 is 5.32 Å². The van der Waals surface area contributed by atoms with Crippen LogP contribution in [0.15, 0.2) is 48.7 Å². The van der Waals surface area contributed by atoms with E-state index in [1.54, 1.807) is 24.3 Å². The zero-order valence-electron chi connectivity index (χ0n) is 6.84. The molecule has 2 heteroatoms. The van der Waals surface area contributed by atoms with Gasteiger partial charge in [-0.3, -0.25) is 4.79 Å². The Kier molecular flexibility index (Phi) is 2.64. The Morgan fingerprint density at radius 1 is 1.42 bits per heavy atom. The second-order valence-electron chi connectivity index (χ2n) is 2.40. The molecule has 0 amide bonds. The first-order valence-corrected chi connectivity index (χ1v) is 3.72. The Bertz CT molecular complexity index is 284. The molecule has 0 bridgehead atoms. The van der Waals surface area contributed by atoms with Crippen molar-refractivity contribution in [1.82, 2.24) is 5.32 Å². The molecule has 0 aromatic carbocycles. The average Bonchev–Trinajstić information content (AvgIpc) is 2.43. The molecule has 0 fully saturated rings. The summed E-state index contributed by atoms with van der Waals surface area (Å²) in [5.41, 5.74) is 1.49. The second-order valence-corrected chi connectivity index (χ2v) is 2.40. The molecule has 0 saturated carbocycles. The van der Waals surface area contributed by atoms with E-state index in [9.17, 15) is 4.79 Å². The van der Waals surface area contributed by atoms with Gasteiger partial charge < -0.3 is 5.32 Å². The van der Waals surface area contributed by atoms with Gasteiger partial charge in [0.2, 0.25) is 0 Å². The highest BCUT2D eigenvalue weighted by atomic mass is 16.1. The third-order valence-corrected chi connectivity index (χ3v) is 1.63. The number of allylic oxidation sites excluding steroid dienone is 4. The quantitative estimate of drug-likeness (QED) is 0.633. The Morgan fingerprint density at radius 2 is 2.17 bits per heavy atom. The maximum atomic E-state index is 11.2. The molecular formula is C10H11NO. The summed E-state index contributed by atoms with van der Waals surface area (Å²) in [7, 11) is 0. The van der Waals surface area contributed by atoms with Gasteiger partial charge in [0.05, 0.1) is 6.54 Å². The number of nitrogens with one attached hydrogen (secondary N) is 1. The molecule has 12 heavy (non-hydrogen) atoms. The first kappa shape index (κ1) is 8.53. The molecule has 0 atom stereocenters. The van der Waals surface area contributed by atoms with Crippen LogP contribution in [0.4, 0.5) is 0 Å². The van der Waals surface area contributed by atoms with E-state index in [0.29, 0.717) is 12.1 Å². The van der Waals surface area contributed by atoms with E-state index >= 15 is 0 Å². The van der Waals surface area contributed by atoms with Gasteiger partial charge in [-0.1, -0.05) is 25.3 Å². The molecular weight excluding hydrogens is 150 g/mol. The van der Waals surface area contributed by atoms with Crippen LogP contribution in [-0.4, -0.2) is 12.3 Å². The van der Waals surface area contributed by atoms with Crippen molar-refractivity contribution in [2.24, 2.45) is 0 Å². The number of ketones is 1. The average molecular weight is 161 g/mol. The summed E-state index contributed by atoms with van der Waals surface area (Å²) >= 11 is 0. The van der Waals surface area contributed by atoms with Crippen molar-refractivity contribution in [2.75, 3.05) is 6.54 Å². The van der Waals surface area contributed by atoms with Crippen molar-refractivity contribution in [3.63, 3.8) is 0 Å². The minimum Gasteiger partial charge on any atom is -0.377 e. The fourth-order valence-electron chi connectivity index (χ4n) is 1.05. The summed E-state index contributed by atoms with van der Waals surface area (Å²) in [5, 5.41) is 2.94. The maximum Gasteiger partial charge on any atom is 0.183 e. The van der Waals surface area contributed by atoms with Gasteiger partial charge in [0.15, 0.2) is 5.78 Å². The highest BCUT2D eigenvalue weighted by Gasteiger charge is 2.17. The van der Waals surface area contributed by atoms with E-state index in [4.69, 9.17) is 0 Å². The summed E-state index contributed by atoms with van der Waals surface area (Å²) in [6, 6.07) is 0. The molecule has 1 heterocycles. The van der Waals surface area contributed by atoms with Crippen molar-refractivity contribution in [1.29, 1.82) is 0 Å². The molecule has 0 unspecified atom stereocenters. The Balaban J connectivity index is 2.94. The number of rotatable bonds is 3. The highest BCUT2D eigenvalue weighted by Crippen LogP contribution is 2.11. The SMILES string of the molecule is C=C/C=C\C1=C(C=C)NCC1=O. The van der Waals surface area contributed by atoms with Crippen LogP contribution >= 0.6 is 0 Å². The van der Waals surface area contributed by atoms with E-state index < -0.39 is 0 Å². The van der Waals surface area contributed by atoms with Gasteiger partial charge in [-0.2, -0.15) is 0 Å². The molecule has 1 aliphatic rings. The van der Waals surface area contributed by atoms with E-state index in [-0.39, 0.29) is 5.78 Å². The molecule has 0 aromatic rings. The first-order valence-electron chi connectivity index (χ1n) is 3.72. The fraction of sp³-hybridized carbons (Fsp3) is 0.100. The van der Waals surface area contributed by atoms with Crippen molar-refractivity contribution < 1.29 is 4.79 Å². The molecule has 0 saturated heterocycles. The predicted molar refractivity (Wildman–Crippen MR) is 49.6 cm³/mol. The molecule has 0 aliphatic carbocycles. The second kappa shape index (κ2) is 3.72. The van der Waals surface area contributed by atoms with Gasteiger partial charge >= 0.3 is 0 Å². The van der Waals surface area contributed by atoms with Crippen LogP contribution in [0.3, 0.4) is 0 Å². The molecule has 2 nitrogen and oxygen atoms in total. The standard InChI is InChI=1S/C10H11NO/c1-3-5-6-8-9(4-2)11-7-10(8)12/h3-6,11H,1-2,7H2/b6-5-.